The van der Waals surface area contributed by atoms with Gasteiger partial charge in [-0.2, -0.15) is 9.57 Å². The minimum atomic E-state index is -3.97. The van der Waals surface area contributed by atoms with Crippen molar-refractivity contribution >= 4 is 25.9 Å². The summed E-state index contributed by atoms with van der Waals surface area (Å²) >= 11 is 0. The topological polar surface area (TPSA) is 146 Å². The third kappa shape index (κ3) is 3.16. The summed E-state index contributed by atoms with van der Waals surface area (Å²) in [5.41, 5.74) is -0.421. The number of nitriles is 1. The fourth-order valence-corrected chi connectivity index (χ4v) is 5.16. The van der Waals surface area contributed by atoms with Gasteiger partial charge in [-0.05, 0) is 43.3 Å². The Bertz CT molecular complexity index is 1080. The Kier molecular flexibility index (Phi) is 4.26. The van der Waals surface area contributed by atoms with Crippen molar-refractivity contribution in [3.8, 4) is 6.07 Å². The van der Waals surface area contributed by atoms with Crippen LogP contribution in [0.15, 0.2) is 38.7 Å². The Morgan fingerprint density at radius 1 is 1.15 bits per heavy atom. The highest BCUT2D eigenvalue weighted by Gasteiger charge is 2.45. The third-order valence-electron chi connectivity index (χ3n) is 3.98. The molecule has 2 heterocycles. The molecule has 0 aliphatic carbocycles. The predicted octanol–water partition coefficient (Wildman–Crippen LogP) is 0.713. The van der Waals surface area contributed by atoms with Crippen LogP contribution in [0.3, 0.4) is 0 Å². The highest BCUT2D eigenvalue weighted by molar-refractivity contribution is 7.92. The number of benzene rings is 1. The second-order valence-corrected chi connectivity index (χ2v) is 9.84. The molecule has 26 heavy (non-hydrogen) atoms. The molecule has 1 fully saturated rings. The lowest BCUT2D eigenvalue weighted by atomic mass is 9.86. The number of nitrogens with one attached hydrogen (secondary N) is 1. The molecule has 1 saturated heterocycles. The van der Waals surface area contributed by atoms with Crippen LogP contribution in [0.25, 0.3) is 0 Å². The average Bonchev–Trinajstić information content (AvgIpc) is 2.96. The molecule has 1 N–H and O–H groups in total. The van der Waals surface area contributed by atoms with Crippen molar-refractivity contribution in [2.45, 2.75) is 23.6 Å². The smallest absolute Gasteiger partial charge is 0.259 e. The molecule has 0 radical (unpaired) electrons. The summed E-state index contributed by atoms with van der Waals surface area (Å²) in [6, 6.07) is 6.85. The summed E-state index contributed by atoms with van der Waals surface area (Å²) in [5, 5.41) is 15.9. The maximum Gasteiger partial charge on any atom is 0.263 e. The van der Waals surface area contributed by atoms with Gasteiger partial charge < -0.3 is 0 Å². The van der Waals surface area contributed by atoms with E-state index in [0.29, 0.717) is 0 Å². The molecule has 138 valence electrons. The first kappa shape index (κ1) is 18.3. The van der Waals surface area contributed by atoms with Crippen molar-refractivity contribution in [1.29, 1.82) is 5.26 Å². The number of nitrogens with zero attached hydrogens (tertiary/aromatic N) is 4. The first-order valence-electron chi connectivity index (χ1n) is 7.41. The van der Waals surface area contributed by atoms with Gasteiger partial charge in [0.05, 0.1) is 21.3 Å². The highest BCUT2D eigenvalue weighted by atomic mass is 32.2. The second kappa shape index (κ2) is 6.04. The average molecular weight is 397 g/mol. The van der Waals surface area contributed by atoms with Crippen LogP contribution in [-0.4, -0.2) is 44.5 Å². The zero-order valence-electron chi connectivity index (χ0n) is 13.9. The zero-order valence-corrected chi connectivity index (χ0v) is 15.5. The Hall–Kier alpha value is -2.49. The summed E-state index contributed by atoms with van der Waals surface area (Å²) in [5.74, 6) is -0.0435. The summed E-state index contributed by atoms with van der Waals surface area (Å²) in [7, 11) is -7.74. The van der Waals surface area contributed by atoms with Gasteiger partial charge in [0.1, 0.15) is 5.69 Å². The van der Waals surface area contributed by atoms with Crippen LogP contribution in [0.5, 0.6) is 0 Å². The monoisotopic (exact) mass is 397 g/mol. The largest absolute Gasteiger partial charge is 0.263 e. The quantitative estimate of drug-likeness (QED) is 0.776. The number of hydrogen-bond donors (Lipinski definition) is 1. The molecule has 1 aromatic carbocycles. The number of aryl methyl sites for hydroxylation is 1. The van der Waals surface area contributed by atoms with E-state index in [1.807, 2.05) is 0 Å². The van der Waals surface area contributed by atoms with E-state index in [1.54, 1.807) is 6.92 Å². The number of rotatable bonds is 5. The first-order chi connectivity index (χ1) is 12.1. The molecule has 2 aromatic rings. The van der Waals surface area contributed by atoms with Gasteiger partial charge in [0.25, 0.3) is 10.0 Å². The molecule has 0 saturated carbocycles. The summed E-state index contributed by atoms with van der Waals surface area (Å²) < 4.78 is 57.5. The standard InChI is InChI=1S/C14H15N5O5S2/c1-10-13(17-24-16-10)18-25(20,21)11-3-5-12(6-4-11)26(22,23)19-8-14(2,7-15)9-19/h3-6H,8-9H2,1-2H3,(H,17,18). The molecule has 1 aliphatic rings. The van der Waals surface area contributed by atoms with Crippen molar-refractivity contribution in [3.63, 3.8) is 0 Å². The van der Waals surface area contributed by atoms with E-state index in [2.05, 4.69) is 25.7 Å². The molecule has 0 amide bonds. The van der Waals surface area contributed by atoms with Crippen molar-refractivity contribution < 1.29 is 21.5 Å². The molecular weight excluding hydrogens is 382 g/mol. The zero-order chi connectivity index (χ0) is 19.2. The predicted molar refractivity (Wildman–Crippen MR) is 88.8 cm³/mol. The van der Waals surface area contributed by atoms with Crippen LogP contribution in [0.4, 0.5) is 5.82 Å². The van der Waals surface area contributed by atoms with Crippen LogP contribution in [0.1, 0.15) is 12.6 Å². The van der Waals surface area contributed by atoms with Gasteiger partial charge in [-0.1, -0.05) is 5.16 Å². The molecule has 12 heteroatoms. The lowest BCUT2D eigenvalue weighted by Gasteiger charge is -2.41. The lowest BCUT2D eigenvalue weighted by molar-refractivity contribution is 0.149. The van der Waals surface area contributed by atoms with Crippen molar-refractivity contribution in [1.82, 2.24) is 14.6 Å². The first-order valence-corrected chi connectivity index (χ1v) is 10.3. The van der Waals surface area contributed by atoms with Crippen molar-refractivity contribution in [3.05, 3.63) is 30.0 Å². The Labute approximate surface area is 150 Å². The molecule has 0 spiro atoms. The Morgan fingerprint density at radius 3 is 2.23 bits per heavy atom. The van der Waals surface area contributed by atoms with Crippen LogP contribution in [0.2, 0.25) is 0 Å². The summed E-state index contributed by atoms with van der Waals surface area (Å²) in [4.78, 5) is -0.181. The van der Waals surface area contributed by atoms with Gasteiger partial charge in [-0.25, -0.2) is 21.5 Å². The van der Waals surface area contributed by atoms with E-state index >= 15 is 0 Å². The maximum absolute atomic E-state index is 12.5. The van der Waals surface area contributed by atoms with Gasteiger partial charge in [0.15, 0.2) is 0 Å². The Balaban J connectivity index is 1.81. The van der Waals surface area contributed by atoms with Gasteiger partial charge in [0.2, 0.25) is 15.8 Å². The van der Waals surface area contributed by atoms with E-state index in [1.165, 1.54) is 35.5 Å². The van der Waals surface area contributed by atoms with Gasteiger partial charge in [-0.15, -0.1) is 0 Å². The molecule has 0 unspecified atom stereocenters. The van der Waals surface area contributed by atoms with E-state index in [9.17, 15) is 16.8 Å². The summed E-state index contributed by atoms with van der Waals surface area (Å²) in [6.45, 7) is 3.41. The van der Waals surface area contributed by atoms with Crippen LogP contribution < -0.4 is 4.72 Å². The molecule has 1 aromatic heterocycles. The Morgan fingerprint density at radius 2 is 1.73 bits per heavy atom. The molecule has 10 nitrogen and oxygen atoms in total. The van der Waals surface area contributed by atoms with Crippen LogP contribution >= 0.6 is 0 Å². The van der Waals surface area contributed by atoms with E-state index in [0.717, 1.165) is 0 Å². The molecule has 0 atom stereocenters. The molecule has 3 rings (SSSR count). The number of anilines is 1. The van der Waals surface area contributed by atoms with E-state index < -0.39 is 25.5 Å². The van der Waals surface area contributed by atoms with Crippen LogP contribution in [-0.2, 0) is 20.0 Å². The van der Waals surface area contributed by atoms with E-state index in [4.69, 9.17) is 5.26 Å². The fraction of sp³-hybridized carbons (Fsp3) is 0.357. The fourth-order valence-electron chi connectivity index (χ4n) is 2.42. The van der Waals surface area contributed by atoms with Gasteiger partial charge in [0, 0.05) is 13.1 Å². The normalized spacial score (nSPS) is 17.3. The minimum Gasteiger partial charge on any atom is -0.259 e. The van der Waals surface area contributed by atoms with Crippen LogP contribution in [0, 0.1) is 23.7 Å². The number of sulfonamides is 2. The molecular formula is C14H15N5O5S2. The van der Waals surface area contributed by atoms with E-state index in [-0.39, 0.29) is 34.4 Å². The molecule has 1 aliphatic heterocycles. The minimum absolute atomic E-state index is 0.0435. The molecule has 0 bridgehead atoms. The maximum atomic E-state index is 12.5. The van der Waals surface area contributed by atoms with Crippen molar-refractivity contribution in [2.75, 3.05) is 17.8 Å². The SMILES string of the molecule is Cc1nonc1NS(=O)(=O)c1ccc(S(=O)(=O)N2CC(C)(C#N)C2)cc1. The highest BCUT2D eigenvalue weighted by Crippen LogP contribution is 2.34. The summed E-state index contributed by atoms with van der Waals surface area (Å²) in [6.07, 6.45) is 0. The van der Waals surface area contributed by atoms with Crippen molar-refractivity contribution in [2.24, 2.45) is 5.41 Å². The lowest BCUT2D eigenvalue weighted by Crippen LogP contribution is -2.56. The van der Waals surface area contributed by atoms with Gasteiger partial charge in [-0.3, -0.25) is 4.72 Å². The number of aromatic nitrogens is 2. The van der Waals surface area contributed by atoms with Gasteiger partial charge >= 0.3 is 0 Å². The number of hydrogen-bond acceptors (Lipinski definition) is 8. The third-order valence-corrected chi connectivity index (χ3v) is 7.14. The second-order valence-electron chi connectivity index (χ2n) is 6.22.